The Labute approximate surface area is 39.0 Å². The van der Waals surface area contributed by atoms with Gasteiger partial charge in [0.15, 0.2) is 0 Å². The minimum absolute atomic E-state index is 0.854. The van der Waals surface area contributed by atoms with Gasteiger partial charge in [0.05, 0.1) is 0 Å². The molecule has 0 spiro atoms. The van der Waals surface area contributed by atoms with Gasteiger partial charge in [0.25, 0.3) is 0 Å². The van der Waals surface area contributed by atoms with Gasteiger partial charge in [-0.15, -0.1) is 5.73 Å². The molecule has 1 rings (SSSR count). The van der Waals surface area contributed by atoms with Gasteiger partial charge in [0.1, 0.15) is 0 Å². The SMILES string of the molecule is C1=CC=CPC=1. The van der Waals surface area contributed by atoms with E-state index < -0.39 is 0 Å². The predicted octanol–water partition coefficient (Wildman–Crippen LogP) is 1.86. The molecule has 1 aliphatic rings. The summed E-state index contributed by atoms with van der Waals surface area (Å²) in [6.45, 7) is 0. The van der Waals surface area contributed by atoms with Gasteiger partial charge >= 0.3 is 0 Å². The van der Waals surface area contributed by atoms with Gasteiger partial charge in [-0.05, 0) is 11.9 Å². The lowest BCUT2D eigenvalue weighted by atomic mass is 10.6. The van der Waals surface area contributed by atoms with Crippen molar-refractivity contribution in [3.8, 4) is 0 Å². The molecule has 0 aliphatic carbocycles. The Kier molecular flexibility index (Phi) is 1.27. The van der Waals surface area contributed by atoms with Crippen molar-refractivity contribution in [2.24, 2.45) is 0 Å². The molecule has 0 saturated heterocycles. The largest absolute Gasteiger partial charge is 0.120 e. The summed E-state index contributed by atoms with van der Waals surface area (Å²) in [5, 5.41) is 0. The second kappa shape index (κ2) is 1.97. The maximum absolute atomic E-state index is 2.96. The molecule has 0 bridgehead atoms. The summed E-state index contributed by atoms with van der Waals surface area (Å²) < 4.78 is 0. The van der Waals surface area contributed by atoms with E-state index in [0.29, 0.717) is 0 Å². The number of hydrogen-bond acceptors (Lipinski definition) is 0. The molecule has 0 N–H and O–H groups in total. The van der Waals surface area contributed by atoms with Crippen molar-refractivity contribution in [3.63, 3.8) is 0 Å². The fourth-order valence-corrected chi connectivity index (χ4v) is 0.800. The van der Waals surface area contributed by atoms with Gasteiger partial charge in [0, 0.05) is 0 Å². The first kappa shape index (κ1) is 3.87. The molecule has 1 heterocycles. The summed E-state index contributed by atoms with van der Waals surface area (Å²) >= 11 is 0. The van der Waals surface area contributed by atoms with Gasteiger partial charge in [-0.1, -0.05) is 20.5 Å². The van der Waals surface area contributed by atoms with Crippen LogP contribution in [0.3, 0.4) is 0 Å². The highest BCUT2D eigenvalue weighted by Gasteiger charge is 1.68. The second-order valence-corrected chi connectivity index (χ2v) is 1.96. The van der Waals surface area contributed by atoms with Crippen LogP contribution in [0.4, 0.5) is 0 Å². The highest BCUT2D eigenvalue weighted by atomic mass is 31.1. The van der Waals surface area contributed by atoms with E-state index in [2.05, 4.69) is 11.5 Å². The van der Waals surface area contributed by atoms with Crippen molar-refractivity contribution in [1.82, 2.24) is 0 Å². The van der Waals surface area contributed by atoms with Crippen molar-refractivity contribution < 1.29 is 0 Å². The third kappa shape index (κ3) is 0.825. The topological polar surface area (TPSA) is 0 Å². The molecule has 30 valence electrons. The Bertz CT molecular complexity index is 116. The van der Waals surface area contributed by atoms with Crippen LogP contribution in [0.15, 0.2) is 29.5 Å². The van der Waals surface area contributed by atoms with Crippen LogP contribution >= 0.6 is 8.58 Å². The van der Waals surface area contributed by atoms with Gasteiger partial charge in [-0.2, -0.15) is 0 Å². The van der Waals surface area contributed by atoms with Crippen LogP contribution in [0.1, 0.15) is 0 Å². The van der Waals surface area contributed by atoms with E-state index >= 15 is 0 Å². The highest BCUT2D eigenvalue weighted by Crippen LogP contribution is 2.14. The Hall–Kier alpha value is -0.310. The Balaban J connectivity index is 2.78. The highest BCUT2D eigenvalue weighted by molar-refractivity contribution is 7.45. The predicted molar refractivity (Wildman–Crippen MR) is 30.1 cm³/mol. The molecule has 0 saturated carbocycles. The van der Waals surface area contributed by atoms with Crippen LogP contribution in [0.5, 0.6) is 0 Å². The van der Waals surface area contributed by atoms with Gasteiger partial charge in [-0.25, -0.2) is 0 Å². The fraction of sp³-hybridized carbons (Fsp3) is 0. The molecule has 0 fully saturated rings. The smallest absolute Gasteiger partial charge is 0.0176 e. The van der Waals surface area contributed by atoms with E-state index in [-0.39, 0.29) is 0 Å². The molecule has 6 heavy (non-hydrogen) atoms. The Morgan fingerprint density at radius 2 is 2.50 bits per heavy atom. The minimum Gasteiger partial charge on any atom is -0.120 e. The van der Waals surface area contributed by atoms with Gasteiger partial charge < -0.3 is 0 Å². The molecular formula is C5H5P. The number of rotatable bonds is 0. The molecule has 0 radical (unpaired) electrons. The molecule has 1 unspecified atom stereocenters. The summed E-state index contributed by atoms with van der Waals surface area (Å²) in [7, 11) is 0.854. The third-order valence-electron chi connectivity index (χ3n) is 0.552. The van der Waals surface area contributed by atoms with Gasteiger partial charge in [-0.3, -0.25) is 0 Å². The van der Waals surface area contributed by atoms with Crippen molar-refractivity contribution in [1.29, 1.82) is 0 Å². The molecule has 0 aromatic carbocycles. The number of hydrogen-bond donors (Lipinski definition) is 0. The summed E-state index contributed by atoms with van der Waals surface area (Å²) in [4.78, 5) is 0. The van der Waals surface area contributed by atoms with E-state index in [1.54, 1.807) is 0 Å². The van der Waals surface area contributed by atoms with Crippen LogP contribution in [0.2, 0.25) is 0 Å². The average molecular weight is 96.1 g/mol. The average Bonchev–Trinajstić information content (AvgIpc) is 1.72. The molecule has 0 amide bonds. The quantitative estimate of drug-likeness (QED) is 0.319. The Morgan fingerprint density at radius 1 is 1.50 bits per heavy atom. The fourth-order valence-electron chi connectivity index (χ4n) is 0.304. The molecule has 1 aliphatic heterocycles. The maximum atomic E-state index is 2.96. The standard InChI is InChI=1S/C5H5P/c1-2-4-6-5-3-1/h1-2,4-6H. The van der Waals surface area contributed by atoms with Gasteiger partial charge in [0.2, 0.25) is 0 Å². The first-order valence-electron chi connectivity index (χ1n) is 1.82. The second-order valence-electron chi connectivity index (χ2n) is 1.00. The molecule has 1 atom stereocenters. The van der Waals surface area contributed by atoms with Crippen LogP contribution in [0.25, 0.3) is 0 Å². The lowest BCUT2D eigenvalue weighted by molar-refractivity contribution is 2.04. The van der Waals surface area contributed by atoms with E-state index in [9.17, 15) is 0 Å². The third-order valence-corrected chi connectivity index (χ3v) is 1.27. The molecule has 0 nitrogen and oxygen atoms in total. The Morgan fingerprint density at radius 3 is 2.67 bits per heavy atom. The molecule has 1 heteroatoms. The summed E-state index contributed by atoms with van der Waals surface area (Å²) in [6, 6.07) is 0. The van der Waals surface area contributed by atoms with E-state index in [4.69, 9.17) is 0 Å². The first-order valence-corrected chi connectivity index (χ1v) is 2.98. The lowest BCUT2D eigenvalue weighted by Gasteiger charge is -1.78. The minimum atomic E-state index is 0.854. The van der Waals surface area contributed by atoms with Crippen molar-refractivity contribution in [2.45, 2.75) is 0 Å². The monoisotopic (exact) mass is 96.0 g/mol. The van der Waals surface area contributed by atoms with Crippen LogP contribution in [0, 0.1) is 0 Å². The van der Waals surface area contributed by atoms with E-state index in [0.717, 1.165) is 8.58 Å². The van der Waals surface area contributed by atoms with E-state index in [1.165, 1.54) is 0 Å². The lowest BCUT2D eigenvalue weighted by Crippen LogP contribution is -1.45. The first-order chi connectivity index (χ1) is 3.00. The number of allylic oxidation sites excluding steroid dienone is 2. The van der Waals surface area contributed by atoms with Crippen molar-refractivity contribution >= 4 is 8.58 Å². The summed E-state index contributed by atoms with van der Waals surface area (Å²) in [5.74, 6) is 4.15. The zero-order valence-electron chi connectivity index (χ0n) is 3.31. The maximum Gasteiger partial charge on any atom is -0.0176 e. The summed E-state index contributed by atoms with van der Waals surface area (Å²) in [5.41, 5.74) is 2.96. The molecule has 0 aromatic rings. The van der Waals surface area contributed by atoms with Crippen molar-refractivity contribution in [3.05, 3.63) is 29.5 Å². The summed E-state index contributed by atoms with van der Waals surface area (Å²) in [6.07, 6.45) is 3.93. The zero-order chi connectivity index (χ0) is 4.24. The normalized spacial score (nSPS) is 20.0. The zero-order valence-corrected chi connectivity index (χ0v) is 4.31. The van der Waals surface area contributed by atoms with E-state index in [1.807, 2.05) is 18.0 Å². The molecular weight excluding hydrogens is 91.0 g/mol. The van der Waals surface area contributed by atoms with Crippen LogP contribution in [-0.2, 0) is 0 Å². The molecule has 0 aromatic heterocycles. The van der Waals surface area contributed by atoms with Crippen LogP contribution < -0.4 is 0 Å². The van der Waals surface area contributed by atoms with Crippen molar-refractivity contribution in [2.75, 3.05) is 0 Å². The van der Waals surface area contributed by atoms with Crippen LogP contribution in [-0.4, -0.2) is 0 Å².